The molecule has 0 saturated heterocycles. The quantitative estimate of drug-likeness (QED) is 0.758. The van der Waals surface area contributed by atoms with Crippen LogP contribution in [0, 0.1) is 13.8 Å². The summed E-state index contributed by atoms with van der Waals surface area (Å²) >= 11 is 1.51. The van der Waals surface area contributed by atoms with Crippen LogP contribution in [0.2, 0.25) is 0 Å². The van der Waals surface area contributed by atoms with Crippen molar-refractivity contribution >= 4 is 23.6 Å². The van der Waals surface area contributed by atoms with E-state index >= 15 is 0 Å². The molecule has 0 heterocycles. The van der Waals surface area contributed by atoms with Crippen molar-refractivity contribution in [2.75, 3.05) is 12.4 Å². The summed E-state index contributed by atoms with van der Waals surface area (Å²) in [5.74, 6) is -1.29. The van der Waals surface area contributed by atoms with E-state index in [1.165, 1.54) is 22.9 Å². The lowest BCUT2D eigenvalue weighted by Gasteiger charge is -2.10. The first-order valence-corrected chi connectivity index (χ1v) is 7.20. The summed E-state index contributed by atoms with van der Waals surface area (Å²) in [4.78, 5) is 23.1. The number of carboxylic acids is 1. The lowest BCUT2D eigenvalue weighted by Crippen LogP contribution is -2.42. The Balaban J connectivity index is 2.38. The highest BCUT2D eigenvalue weighted by Crippen LogP contribution is 2.21. The number of amides is 1. The molecule has 1 amide bonds. The third-order valence-corrected chi connectivity index (χ3v) is 3.86. The molecule has 0 bridgehead atoms. The van der Waals surface area contributed by atoms with Gasteiger partial charge in [-0.25, -0.2) is 9.18 Å². The van der Waals surface area contributed by atoms with Crippen LogP contribution >= 0.6 is 11.8 Å². The van der Waals surface area contributed by atoms with E-state index in [9.17, 15) is 14.0 Å². The summed E-state index contributed by atoms with van der Waals surface area (Å²) in [5, 5.41) is 10.8. The van der Waals surface area contributed by atoms with Crippen molar-refractivity contribution in [1.82, 2.24) is 5.32 Å². The maximum Gasteiger partial charge on any atom is 0.328 e. The van der Waals surface area contributed by atoms with Gasteiger partial charge in [0, 0.05) is 17.1 Å². The van der Waals surface area contributed by atoms with Crippen molar-refractivity contribution < 1.29 is 19.1 Å². The minimum Gasteiger partial charge on any atom is -0.480 e. The molecule has 1 aromatic carbocycles. The lowest BCUT2D eigenvalue weighted by molar-refractivity contribution is -0.142. The Bertz CT molecular complexity index is 493. The average molecular weight is 299 g/mol. The Labute approximate surface area is 121 Å². The highest BCUT2D eigenvalue weighted by Gasteiger charge is 2.19. The molecule has 0 spiro atoms. The standard InChI is InChI=1S/C14H18FNO3S/c1-9-3-4-11(7-10(9)2)20-6-5-13(17)16-12(8-15)14(18)19/h3-4,7,12H,5-6,8H2,1-2H3,(H,16,17)(H,18,19). The normalized spacial score (nSPS) is 11.9. The van der Waals surface area contributed by atoms with Gasteiger partial charge in [0.05, 0.1) is 0 Å². The maximum atomic E-state index is 12.3. The number of nitrogens with one attached hydrogen (secondary N) is 1. The lowest BCUT2D eigenvalue weighted by atomic mass is 10.1. The number of rotatable bonds is 7. The smallest absolute Gasteiger partial charge is 0.328 e. The number of carboxylic acid groups (broad SMARTS) is 1. The predicted molar refractivity (Wildman–Crippen MR) is 76.8 cm³/mol. The summed E-state index contributed by atoms with van der Waals surface area (Å²) in [5.41, 5.74) is 2.39. The van der Waals surface area contributed by atoms with Crippen molar-refractivity contribution in [3.8, 4) is 0 Å². The molecule has 0 radical (unpaired) electrons. The molecule has 20 heavy (non-hydrogen) atoms. The van der Waals surface area contributed by atoms with Gasteiger partial charge in [0.2, 0.25) is 5.91 Å². The van der Waals surface area contributed by atoms with E-state index in [2.05, 4.69) is 5.32 Å². The van der Waals surface area contributed by atoms with Gasteiger partial charge in [0.25, 0.3) is 0 Å². The summed E-state index contributed by atoms with van der Waals surface area (Å²) in [6.45, 7) is 2.94. The first kappa shape index (κ1) is 16.5. The number of benzene rings is 1. The summed E-state index contributed by atoms with van der Waals surface area (Å²) in [7, 11) is 0. The summed E-state index contributed by atoms with van der Waals surface area (Å²) < 4.78 is 12.3. The van der Waals surface area contributed by atoms with E-state index in [0.717, 1.165) is 4.90 Å². The Hall–Kier alpha value is -1.56. The van der Waals surface area contributed by atoms with Crippen LogP contribution in [0.1, 0.15) is 17.5 Å². The fraction of sp³-hybridized carbons (Fsp3) is 0.429. The Morgan fingerprint density at radius 3 is 2.60 bits per heavy atom. The van der Waals surface area contributed by atoms with Gasteiger partial charge in [-0.05, 0) is 37.1 Å². The average Bonchev–Trinajstić information content (AvgIpc) is 2.39. The largest absolute Gasteiger partial charge is 0.480 e. The highest BCUT2D eigenvalue weighted by atomic mass is 32.2. The van der Waals surface area contributed by atoms with Crippen molar-refractivity contribution in [1.29, 1.82) is 0 Å². The molecule has 1 aromatic rings. The van der Waals surface area contributed by atoms with Gasteiger partial charge in [-0.15, -0.1) is 11.8 Å². The highest BCUT2D eigenvalue weighted by molar-refractivity contribution is 7.99. The molecule has 4 nitrogen and oxygen atoms in total. The molecule has 0 aliphatic carbocycles. The third-order valence-electron chi connectivity index (χ3n) is 2.86. The van der Waals surface area contributed by atoms with Crippen molar-refractivity contribution in [2.45, 2.75) is 31.2 Å². The van der Waals surface area contributed by atoms with Crippen LogP contribution in [0.5, 0.6) is 0 Å². The Kier molecular flexibility index (Phi) is 6.51. The number of thioether (sulfide) groups is 1. The van der Waals surface area contributed by atoms with E-state index < -0.39 is 24.6 Å². The number of aryl methyl sites for hydroxylation is 2. The number of carbonyl (C=O) groups is 2. The number of hydrogen-bond donors (Lipinski definition) is 2. The Morgan fingerprint density at radius 1 is 1.35 bits per heavy atom. The second-order valence-electron chi connectivity index (χ2n) is 4.46. The third kappa shape index (κ3) is 5.21. The zero-order valence-corrected chi connectivity index (χ0v) is 12.3. The number of halogens is 1. The van der Waals surface area contributed by atoms with Gasteiger partial charge in [0.15, 0.2) is 6.04 Å². The van der Waals surface area contributed by atoms with Gasteiger partial charge in [0.1, 0.15) is 6.67 Å². The van der Waals surface area contributed by atoms with Crippen LogP contribution in [-0.2, 0) is 9.59 Å². The van der Waals surface area contributed by atoms with Crippen molar-refractivity contribution in [3.63, 3.8) is 0 Å². The van der Waals surface area contributed by atoms with Crippen LogP contribution in [0.3, 0.4) is 0 Å². The van der Waals surface area contributed by atoms with Gasteiger partial charge < -0.3 is 10.4 Å². The summed E-state index contributed by atoms with van der Waals surface area (Å²) in [6, 6.07) is 4.59. The van der Waals surface area contributed by atoms with Crippen LogP contribution in [-0.4, -0.2) is 35.5 Å². The van der Waals surface area contributed by atoms with Crippen LogP contribution < -0.4 is 5.32 Å². The predicted octanol–water partition coefficient (Wildman–Crippen LogP) is 2.32. The number of carbonyl (C=O) groups excluding carboxylic acids is 1. The maximum absolute atomic E-state index is 12.3. The topological polar surface area (TPSA) is 66.4 Å². The molecule has 0 fully saturated rings. The SMILES string of the molecule is Cc1ccc(SCCC(=O)NC(CF)C(=O)O)cc1C. The van der Waals surface area contributed by atoms with Crippen LogP contribution in [0.4, 0.5) is 4.39 Å². The Morgan fingerprint density at radius 2 is 2.05 bits per heavy atom. The number of alkyl halides is 1. The zero-order valence-electron chi connectivity index (χ0n) is 11.5. The molecule has 1 unspecified atom stereocenters. The molecule has 0 aliphatic heterocycles. The fourth-order valence-corrected chi connectivity index (χ4v) is 2.45. The molecule has 2 N–H and O–H groups in total. The first-order chi connectivity index (χ1) is 9.43. The number of hydrogen-bond acceptors (Lipinski definition) is 3. The molecule has 0 aromatic heterocycles. The summed E-state index contributed by atoms with van der Waals surface area (Å²) in [6.07, 6.45) is 0.154. The molecule has 110 valence electrons. The fourth-order valence-electron chi connectivity index (χ4n) is 1.50. The van der Waals surface area contributed by atoms with Gasteiger partial charge in [-0.3, -0.25) is 4.79 Å². The first-order valence-electron chi connectivity index (χ1n) is 6.22. The van der Waals surface area contributed by atoms with Crippen molar-refractivity contribution in [2.24, 2.45) is 0 Å². The van der Waals surface area contributed by atoms with E-state index in [-0.39, 0.29) is 6.42 Å². The van der Waals surface area contributed by atoms with E-state index in [0.29, 0.717) is 5.75 Å². The zero-order chi connectivity index (χ0) is 15.1. The van der Waals surface area contributed by atoms with E-state index in [1.807, 2.05) is 32.0 Å². The second kappa shape index (κ2) is 7.89. The van der Waals surface area contributed by atoms with Crippen molar-refractivity contribution in [3.05, 3.63) is 29.3 Å². The molecule has 0 saturated carbocycles. The second-order valence-corrected chi connectivity index (χ2v) is 5.63. The molecule has 1 rings (SSSR count). The van der Waals surface area contributed by atoms with Crippen LogP contribution in [0.25, 0.3) is 0 Å². The molecular formula is C14H18FNO3S. The van der Waals surface area contributed by atoms with Gasteiger partial charge in [-0.1, -0.05) is 6.07 Å². The minimum atomic E-state index is -1.45. The van der Waals surface area contributed by atoms with E-state index in [4.69, 9.17) is 5.11 Å². The number of aliphatic carboxylic acids is 1. The van der Waals surface area contributed by atoms with E-state index in [1.54, 1.807) is 0 Å². The molecular weight excluding hydrogens is 281 g/mol. The molecule has 6 heteroatoms. The molecule has 1 atom stereocenters. The van der Waals surface area contributed by atoms with Crippen LogP contribution in [0.15, 0.2) is 23.1 Å². The van der Waals surface area contributed by atoms with Gasteiger partial charge in [-0.2, -0.15) is 0 Å². The van der Waals surface area contributed by atoms with Gasteiger partial charge >= 0.3 is 5.97 Å². The molecule has 0 aliphatic rings. The minimum absolute atomic E-state index is 0.154. The monoisotopic (exact) mass is 299 g/mol.